The van der Waals surface area contributed by atoms with Crippen LogP contribution >= 0.6 is 11.6 Å². The first-order chi connectivity index (χ1) is 8.15. The minimum atomic E-state index is -1.08. The van der Waals surface area contributed by atoms with Gasteiger partial charge in [0.2, 0.25) is 0 Å². The van der Waals surface area contributed by atoms with E-state index in [-0.39, 0.29) is 6.42 Å². The van der Waals surface area contributed by atoms with Crippen molar-refractivity contribution in [3.8, 4) is 11.1 Å². The number of hydrogen-bond donors (Lipinski definition) is 0. The maximum Gasteiger partial charge on any atom is 0.0458 e. The van der Waals surface area contributed by atoms with Gasteiger partial charge >= 0.3 is 0 Å². The second-order valence-corrected chi connectivity index (χ2v) is 4.20. The van der Waals surface area contributed by atoms with Crippen molar-refractivity contribution in [2.75, 3.05) is 0 Å². The smallest absolute Gasteiger partial charge is 0.0458 e. The van der Waals surface area contributed by atoms with Crippen LogP contribution in [0.3, 0.4) is 0 Å². The fourth-order valence-electron chi connectivity index (χ4n) is 1.70. The number of benzene rings is 2. The Morgan fingerprint density at radius 2 is 1.71 bits per heavy atom. The fraction of sp³-hybridized carbons (Fsp3) is 0.0714. The highest BCUT2D eigenvalue weighted by Crippen LogP contribution is 2.23. The van der Waals surface area contributed by atoms with Gasteiger partial charge < -0.3 is 9.90 Å². The van der Waals surface area contributed by atoms with Crippen LogP contribution in [-0.4, -0.2) is 5.97 Å². The molecule has 0 bridgehead atoms. The van der Waals surface area contributed by atoms with Gasteiger partial charge in [-0.2, -0.15) is 0 Å². The molecule has 2 aromatic carbocycles. The Morgan fingerprint density at radius 1 is 1.06 bits per heavy atom. The van der Waals surface area contributed by atoms with Gasteiger partial charge in [0, 0.05) is 17.4 Å². The summed E-state index contributed by atoms with van der Waals surface area (Å²) in [7, 11) is 0. The quantitative estimate of drug-likeness (QED) is 0.833. The van der Waals surface area contributed by atoms with E-state index in [1.807, 2.05) is 36.4 Å². The highest BCUT2D eigenvalue weighted by Gasteiger charge is 2.00. The SMILES string of the molecule is O=C([O-])Cc1cccc(-c2cccc(Cl)c2)c1. The molecule has 0 spiro atoms. The van der Waals surface area contributed by atoms with E-state index in [2.05, 4.69) is 0 Å². The van der Waals surface area contributed by atoms with E-state index < -0.39 is 5.97 Å². The highest BCUT2D eigenvalue weighted by atomic mass is 35.5. The summed E-state index contributed by atoms with van der Waals surface area (Å²) in [5, 5.41) is 11.2. The molecule has 0 N–H and O–H groups in total. The van der Waals surface area contributed by atoms with E-state index in [0.717, 1.165) is 16.7 Å². The van der Waals surface area contributed by atoms with Crippen LogP contribution in [0.5, 0.6) is 0 Å². The molecule has 0 unspecified atom stereocenters. The van der Waals surface area contributed by atoms with Crippen LogP contribution in [0.4, 0.5) is 0 Å². The first-order valence-corrected chi connectivity index (χ1v) is 5.58. The molecule has 2 nitrogen and oxygen atoms in total. The summed E-state index contributed by atoms with van der Waals surface area (Å²) in [6, 6.07) is 14.8. The van der Waals surface area contributed by atoms with Gasteiger partial charge in [-0.1, -0.05) is 48.0 Å². The third-order valence-corrected chi connectivity index (χ3v) is 2.67. The van der Waals surface area contributed by atoms with Crippen molar-refractivity contribution in [1.29, 1.82) is 0 Å². The van der Waals surface area contributed by atoms with Crippen molar-refractivity contribution in [2.24, 2.45) is 0 Å². The fourth-order valence-corrected chi connectivity index (χ4v) is 1.89. The number of aliphatic carboxylic acids is 1. The Bertz CT molecular complexity index is 549. The van der Waals surface area contributed by atoms with E-state index >= 15 is 0 Å². The first kappa shape index (κ1) is 11.7. The molecule has 0 aliphatic carbocycles. The van der Waals surface area contributed by atoms with Gasteiger partial charge in [-0.05, 0) is 28.8 Å². The second kappa shape index (κ2) is 5.02. The summed E-state index contributed by atoms with van der Waals surface area (Å²) >= 11 is 5.91. The number of carboxylic acid groups (broad SMARTS) is 1. The molecule has 86 valence electrons. The van der Waals surface area contributed by atoms with Gasteiger partial charge in [0.1, 0.15) is 0 Å². The standard InChI is InChI=1S/C14H11ClO2/c15-13-6-2-5-12(9-13)11-4-1-3-10(7-11)8-14(16)17/h1-7,9H,8H2,(H,16,17)/p-1. The Balaban J connectivity index is 2.36. The highest BCUT2D eigenvalue weighted by molar-refractivity contribution is 6.30. The number of carbonyl (C=O) groups excluding carboxylic acids is 1. The van der Waals surface area contributed by atoms with Crippen molar-refractivity contribution in [3.63, 3.8) is 0 Å². The maximum atomic E-state index is 10.5. The summed E-state index contributed by atoms with van der Waals surface area (Å²) in [4.78, 5) is 10.5. The number of carbonyl (C=O) groups is 1. The molecule has 17 heavy (non-hydrogen) atoms. The summed E-state index contributed by atoms with van der Waals surface area (Å²) < 4.78 is 0. The van der Waals surface area contributed by atoms with Gasteiger partial charge in [0.05, 0.1) is 0 Å². The number of carboxylic acids is 1. The van der Waals surface area contributed by atoms with Crippen molar-refractivity contribution < 1.29 is 9.90 Å². The van der Waals surface area contributed by atoms with Crippen molar-refractivity contribution >= 4 is 17.6 Å². The van der Waals surface area contributed by atoms with Gasteiger partial charge in [-0.25, -0.2) is 0 Å². The average Bonchev–Trinajstić information content (AvgIpc) is 2.28. The minimum Gasteiger partial charge on any atom is -0.550 e. The van der Waals surface area contributed by atoms with Crippen molar-refractivity contribution in [1.82, 2.24) is 0 Å². The molecule has 2 rings (SSSR count). The lowest BCUT2D eigenvalue weighted by Crippen LogP contribution is -2.24. The molecule has 0 saturated heterocycles. The Labute approximate surface area is 104 Å². The normalized spacial score (nSPS) is 10.2. The topological polar surface area (TPSA) is 40.1 Å². The minimum absolute atomic E-state index is 0.0750. The predicted octanol–water partition coefficient (Wildman–Crippen LogP) is 2.30. The number of rotatable bonds is 3. The lowest BCUT2D eigenvalue weighted by Gasteiger charge is -2.06. The van der Waals surface area contributed by atoms with Gasteiger partial charge in [0.25, 0.3) is 0 Å². The lowest BCUT2D eigenvalue weighted by atomic mass is 10.0. The predicted molar refractivity (Wildman–Crippen MR) is 65.6 cm³/mol. The average molecular weight is 246 g/mol. The Morgan fingerprint density at radius 3 is 2.35 bits per heavy atom. The Kier molecular flexibility index (Phi) is 3.45. The molecule has 0 heterocycles. The van der Waals surface area contributed by atoms with Crippen LogP contribution < -0.4 is 5.11 Å². The molecular formula is C14H10ClO2-. The van der Waals surface area contributed by atoms with E-state index in [0.29, 0.717) is 5.02 Å². The molecule has 0 radical (unpaired) electrons. The van der Waals surface area contributed by atoms with E-state index in [4.69, 9.17) is 11.6 Å². The molecule has 0 aromatic heterocycles. The number of halogens is 1. The lowest BCUT2D eigenvalue weighted by molar-refractivity contribution is -0.304. The monoisotopic (exact) mass is 245 g/mol. The molecule has 0 aliphatic heterocycles. The van der Waals surface area contributed by atoms with Gasteiger partial charge in [0.15, 0.2) is 0 Å². The summed E-state index contributed by atoms with van der Waals surface area (Å²) in [6.45, 7) is 0. The zero-order valence-electron chi connectivity index (χ0n) is 9.02. The summed E-state index contributed by atoms with van der Waals surface area (Å²) in [5.74, 6) is -1.08. The van der Waals surface area contributed by atoms with Crippen LogP contribution in [0.15, 0.2) is 48.5 Å². The molecule has 0 amide bonds. The largest absolute Gasteiger partial charge is 0.550 e. The molecule has 0 aliphatic rings. The van der Waals surface area contributed by atoms with Crippen LogP contribution in [0.25, 0.3) is 11.1 Å². The third kappa shape index (κ3) is 3.08. The second-order valence-electron chi connectivity index (χ2n) is 3.76. The molecule has 0 fully saturated rings. The maximum absolute atomic E-state index is 10.5. The molecule has 2 aromatic rings. The van der Waals surface area contributed by atoms with E-state index in [1.165, 1.54) is 0 Å². The van der Waals surface area contributed by atoms with Crippen LogP contribution in [0, 0.1) is 0 Å². The molecular weight excluding hydrogens is 236 g/mol. The molecule has 3 heteroatoms. The zero-order chi connectivity index (χ0) is 12.3. The van der Waals surface area contributed by atoms with Crippen LogP contribution in [0.1, 0.15) is 5.56 Å². The molecule has 0 atom stereocenters. The van der Waals surface area contributed by atoms with E-state index in [1.54, 1.807) is 12.1 Å². The van der Waals surface area contributed by atoms with Gasteiger partial charge in [-0.3, -0.25) is 0 Å². The van der Waals surface area contributed by atoms with Gasteiger partial charge in [-0.15, -0.1) is 0 Å². The zero-order valence-corrected chi connectivity index (χ0v) is 9.78. The summed E-state index contributed by atoms with van der Waals surface area (Å²) in [6.07, 6.45) is -0.0750. The van der Waals surface area contributed by atoms with E-state index in [9.17, 15) is 9.90 Å². The third-order valence-electron chi connectivity index (χ3n) is 2.43. The Hall–Kier alpha value is -1.80. The van der Waals surface area contributed by atoms with Crippen molar-refractivity contribution in [2.45, 2.75) is 6.42 Å². The molecule has 0 saturated carbocycles. The van der Waals surface area contributed by atoms with Crippen LogP contribution in [0.2, 0.25) is 5.02 Å². The first-order valence-electron chi connectivity index (χ1n) is 5.20. The summed E-state index contributed by atoms with van der Waals surface area (Å²) in [5.41, 5.74) is 2.64. The number of hydrogen-bond acceptors (Lipinski definition) is 2. The van der Waals surface area contributed by atoms with Crippen molar-refractivity contribution in [3.05, 3.63) is 59.1 Å². The van der Waals surface area contributed by atoms with Crippen LogP contribution in [-0.2, 0) is 11.2 Å².